The third-order valence-corrected chi connectivity index (χ3v) is 5.64. The van der Waals surface area contributed by atoms with Gasteiger partial charge < -0.3 is 5.32 Å². The standard InChI is InChI=1S/C16H20BrNS2/c1-12(2)9-18-10-13-4-3-5-14(8-13)19-11-15-6-7-16(17)20-15/h3-8,12,18H,9-11H2,1-2H3. The van der Waals surface area contributed by atoms with Crippen LogP contribution in [0.5, 0.6) is 0 Å². The Balaban J connectivity index is 1.85. The van der Waals surface area contributed by atoms with E-state index in [4.69, 9.17) is 0 Å². The van der Waals surface area contributed by atoms with E-state index in [0.717, 1.165) is 18.8 Å². The van der Waals surface area contributed by atoms with E-state index >= 15 is 0 Å². The molecule has 0 bridgehead atoms. The molecule has 0 spiro atoms. The fourth-order valence-corrected chi connectivity index (χ4v) is 4.34. The summed E-state index contributed by atoms with van der Waals surface area (Å²) in [6, 6.07) is 13.1. The molecule has 1 heterocycles. The molecule has 4 heteroatoms. The second-order valence-electron chi connectivity index (χ2n) is 5.17. The van der Waals surface area contributed by atoms with Gasteiger partial charge >= 0.3 is 0 Å². The van der Waals surface area contributed by atoms with Crippen LogP contribution in [0.3, 0.4) is 0 Å². The number of rotatable bonds is 7. The highest BCUT2D eigenvalue weighted by Gasteiger charge is 2.01. The van der Waals surface area contributed by atoms with Crippen molar-refractivity contribution in [1.82, 2.24) is 5.32 Å². The van der Waals surface area contributed by atoms with Crippen LogP contribution in [-0.2, 0) is 12.3 Å². The molecule has 1 aromatic heterocycles. The molecule has 0 saturated heterocycles. The van der Waals surface area contributed by atoms with Crippen LogP contribution in [0.15, 0.2) is 45.1 Å². The Hall–Kier alpha value is -0.290. The molecule has 2 aromatic rings. The zero-order valence-corrected chi connectivity index (χ0v) is 15.1. The molecule has 108 valence electrons. The lowest BCUT2D eigenvalue weighted by atomic mass is 10.2. The van der Waals surface area contributed by atoms with Crippen molar-refractivity contribution in [2.45, 2.75) is 31.0 Å². The molecule has 0 fully saturated rings. The normalized spacial score (nSPS) is 11.2. The van der Waals surface area contributed by atoms with Crippen molar-refractivity contribution in [2.24, 2.45) is 5.92 Å². The minimum absolute atomic E-state index is 0.699. The number of thiophene rings is 1. The van der Waals surface area contributed by atoms with Gasteiger partial charge in [0.15, 0.2) is 0 Å². The fourth-order valence-electron chi connectivity index (χ4n) is 1.83. The summed E-state index contributed by atoms with van der Waals surface area (Å²) in [5.41, 5.74) is 1.36. The Bertz CT molecular complexity index is 537. The van der Waals surface area contributed by atoms with Gasteiger partial charge in [-0.3, -0.25) is 0 Å². The molecule has 0 radical (unpaired) electrons. The van der Waals surface area contributed by atoms with E-state index < -0.39 is 0 Å². The number of halogens is 1. The van der Waals surface area contributed by atoms with Crippen LogP contribution in [0.25, 0.3) is 0 Å². The zero-order chi connectivity index (χ0) is 14.4. The number of thioether (sulfide) groups is 1. The van der Waals surface area contributed by atoms with Gasteiger partial charge in [-0.25, -0.2) is 0 Å². The molecule has 0 saturated carbocycles. The molecule has 20 heavy (non-hydrogen) atoms. The summed E-state index contributed by atoms with van der Waals surface area (Å²) in [7, 11) is 0. The van der Waals surface area contributed by atoms with E-state index in [-0.39, 0.29) is 0 Å². The zero-order valence-electron chi connectivity index (χ0n) is 11.9. The molecule has 1 aromatic carbocycles. The van der Waals surface area contributed by atoms with Crippen molar-refractivity contribution in [2.75, 3.05) is 6.54 Å². The van der Waals surface area contributed by atoms with Crippen molar-refractivity contribution in [3.05, 3.63) is 50.6 Å². The topological polar surface area (TPSA) is 12.0 Å². The molecule has 1 nitrogen and oxygen atoms in total. The van der Waals surface area contributed by atoms with Crippen LogP contribution in [0.4, 0.5) is 0 Å². The van der Waals surface area contributed by atoms with E-state index in [1.807, 2.05) is 23.1 Å². The number of benzene rings is 1. The van der Waals surface area contributed by atoms with Gasteiger partial charge in [0.1, 0.15) is 0 Å². The Morgan fingerprint density at radius 2 is 2.10 bits per heavy atom. The molecule has 0 aliphatic rings. The summed E-state index contributed by atoms with van der Waals surface area (Å²) >= 11 is 7.23. The predicted octanol–water partition coefficient (Wildman–Crippen LogP) is 5.55. The van der Waals surface area contributed by atoms with Gasteiger partial charge in [0.2, 0.25) is 0 Å². The first-order valence-electron chi connectivity index (χ1n) is 6.80. The van der Waals surface area contributed by atoms with E-state index in [9.17, 15) is 0 Å². The molecule has 0 amide bonds. The Morgan fingerprint density at radius 3 is 2.80 bits per heavy atom. The average molecular weight is 370 g/mol. The Morgan fingerprint density at radius 1 is 1.25 bits per heavy atom. The van der Waals surface area contributed by atoms with E-state index in [0.29, 0.717) is 5.92 Å². The largest absolute Gasteiger partial charge is 0.312 e. The van der Waals surface area contributed by atoms with Gasteiger partial charge in [0.05, 0.1) is 3.79 Å². The lowest BCUT2D eigenvalue weighted by Gasteiger charge is -2.08. The van der Waals surface area contributed by atoms with Crippen LogP contribution in [0, 0.1) is 5.92 Å². The number of hydrogen-bond acceptors (Lipinski definition) is 3. The SMILES string of the molecule is CC(C)CNCc1cccc(SCc2ccc(Br)s2)c1. The maximum absolute atomic E-state index is 3.51. The van der Waals surface area contributed by atoms with Crippen LogP contribution < -0.4 is 5.32 Å². The summed E-state index contributed by atoms with van der Waals surface area (Å²) < 4.78 is 1.21. The lowest BCUT2D eigenvalue weighted by molar-refractivity contribution is 0.552. The minimum Gasteiger partial charge on any atom is -0.312 e. The minimum atomic E-state index is 0.699. The Labute approximate surface area is 138 Å². The Kier molecular flexibility index (Phi) is 6.62. The number of hydrogen-bond donors (Lipinski definition) is 1. The molecule has 0 atom stereocenters. The quantitative estimate of drug-likeness (QED) is 0.642. The van der Waals surface area contributed by atoms with Crippen LogP contribution in [0.1, 0.15) is 24.3 Å². The maximum atomic E-state index is 3.51. The molecule has 2 rings (SSSR count). The molecule has 0 unspecified atom stereocenters. The van der Waals surface area contributed by atoms with Crippen molar-refractivity contribution in [3.63, 3.8) is 0 Å². The van der Waals surface area contributed by atoms with Crippen molar-refractivity contribution < 1.29 is 0 Å². The summed E-state index contributed by atoms with van der Waals surface area (Å²) in [6.07, 6.45) is 0. The van der Waals surface area contributed by atoms with Gasteiger partial charge in [-0.2, -0.15) is 0 Å². The van der Waals surface area contributed by atoms with Gasteiger partial charge in [0.25, 0.3) is 0 Å². The monoisotopic (exact) mass is 369 g/mol. The second kappa shape index (κ2) is 8.23. The average Bonchev–Trinajstić information content (AvgIpc) is 2.82. The third kappa shape index (κ3) is 5.60. The highest BCUT2D eigenvalue weighted by molar-refractivity contribution is 9.11. The summed E-state index contributed by atoms with van der Waals surface area (Å²) in [5, 5.41) is 3.49. The first-order valence-corrected chi connectivity index (χ1v) is 9.39. The van der Waals surface area contributed by atoms with E-state index in [1.54, 1.807) is 0 Å². The summed E-state index contributed by atoms with van der Waals surface area (Å²) in [5.74, 6) is 1.74. The lowest BCUT2D eigenvalue weighted by Crippen LogP contribution is -2.18. The van der Waals surface area contributed by atoms with E-state index in [2.05, 4.69) is 71.5 Å². The second-order valence-corrected chi connectivity index (χ2v) is 8.76. The van der Waals surface area contributed by atoms with Gasteiger partial charge in [0, 0.05) is 22.1 Å². The summed E-state index contributed by atoms with van der Waals surface area (Å²) in [4.78, 5) is 2.75. The summed E-state index contributed by atoms with van der Waals surface area (Å²) in [6.45, 7) is 6.49. The van der Waals surface area contributed by atoms with Crippen LogP contribution >= 0.6 is 39.0 Å². The van der Waals surface area contributed by atoms with Crippen molar-refractivity contribution in [1.29, 1.82) is 0 Å². The van der Waals surface area contributed by atoms with Crippen LogP contribution in [-0.4, -0.2) is 6.54 Å². The molecular weight excluding hydrogens is 350 g/mol. The molecule has 1 N–H and O–H groups in total. The third-order valence-electron chi connectivity index (χ3n) is 2.79. The molecule has 0 aliphatic heterocycles. The van der Waals surface area contributed by atoms with Gasteiger partial charge in [-0.1, -0.05) is 26.0 Å². The smallest absolute Gasteiger partial charge is 0.0701 e. The van der Waals surface area contributed by atoms with Crippen molar-refractivity contribution in [3.8, 4) is 0 Å². The number of nitrogens with one attached hydrogen (secondary N) is 1. The maximum Gasteiger partial charge on any atom is 0.0701 e. The molecular formula is C16H20BrNS2. The van der Waals surface area contributed by atoms with Crippen molar-refractivity contribution >= 4 is 39.0 Å². The van der Waals surface area contributed by atoms with Crippen LogP contribution in [0.2, 0.25) is 0 Å². The predicted molar refractivity (Wildman–Crippen MR) is 94.6 cm³/mol. The first-order chi connectivity index (χ1) is 9.63. The van der Waals surface area contributed by atoms with Gasteiger partial charge in [-0.15, -0.1) is 23.1 Å². The van der Waals surface area contributed by atoms with E-state index in [1.165, 1.54) is 19.1 Å². The highest BCUT2D eigenvalue weighted by Crippen LogP contribution is 2.29. The first kappa shape index (κ1) is 16.1. The highest BCUT2D eigenvalue weighted by atomic mass is 79.9. The van der Waals surface area contributed by atoms with Gasteiger partial charge in [-0.05, 0) is 58.2 Å². The fraction of sp³-hybridized carbons (Fsp3) is 0.375. The molecule has 0 aliphatic carbocycles.